The SMILES string of the molecule is CCn1ncc(NC(=O)Cn2nc(C)cc2[N+](=O)[O-])c1C(=O)Nc1cnn(C)c1C. The van der Waals surface area contributed by atoms with Crippen LogP contribution in [0.25, 0.3) is 0 Å². The summed E-state index contributed by atoms with van der Waals surface area (Å²) in [7, 11) is 1.75. The number of carbonyl (C=O) groups is 2. The first-order valence-electron chi connectivity index (χ1n) is 9.05. The lowest BCUT2D eigenvalue weighted by Crippen LogP contribution is -2.24. The van der Waals surface area contributed by atoms with E-state index < -0.39 is 16.7 Å². The number of anilines is 2. The lowest BCUT2D eigenvalue weighted by atomic mass is 10.3. The van der Waals surface area contributed by atoms with Crippen molar-refractivity contribution in [1.29, 1.82) is 0 Å². The van der Waals surface area contributed by atoms with E-state index in [0.29, 0.717) is 17.9 Å². The fourth-order valence-corrected chi connectivity index (χ4v) is 2.88. The minimum Gasteiger partial charge on any atom is -0.358 e. The average molecular weight is 415 g/mol. The summed E-state index contributed by atoms with van der Waals surface area (Å²) in [5.74, 6) is -1.35. The topological polar surface area (TPSA) is 155 Å². The van der Waals surface area contributed by atoms with Crippen LogP contribution in [0.15, 0.2) is 18.5 Å². The number of amides is 2. The van der Waals surface area contributed by atoms with E-state index >= 15 is 0 Å². The van der Waals surface area contributed by atoms with Crippen LogP contribution >= 0.6 is 0 Å². The summed E-state index contributed by atoms with van der Waals surface area (Å²) >= 11 is 0. The molecule has 2 N–H and O–H groups in total. The number of nitrogens with one attached hydrogen (secondary N) is 2. The molecule has 3 aromatic rings. The van der Waals surface area contributed by atoms with Gasteiger partial charge in [0.1, 0.15) is 5.69 Å². The van der Waals surface area contributed by atoms with Gasteiger partial charge in [0.15, 0.2) is 6.54 Å². The summed E-state index contributed by atoms with van der Waals surface area (Å²) in [5.41, 5.74) is 2.05. The Hall–Kier alpha value is -4.03. The van der Waals surface area contributed by atoms with Gasteiger partial charge in [0.05, 0.1) is 41.2 Å². The Morgan fingerprint density at radius 3 is 2.43 bits per heavy atom. The molecule has 0 unspecified atom stereocenters. The van der Waals surface area contributed by atoms with Crippen LogP contribution in [-0.2, 0) is 24.9 Å². The molecular weight excluding hydrogens is 394 g/mol. The van der Waals surface area contributed by atoms with Gasteiger partial charge in [-0.3, -0.25) is 19.0 Å². The molecule has 13 nitrogen and oxygen atoms in total. The Morgan fingerprint density at radius 1 is 1.13 bits per heavy atom. The Labute approximate surface area is 170 Å². The molecule has 2 amide bonds. The molecule has 30 heavy (non-hydrogen) atoms. The quantitative estimate of drug-likeness (QED) is 0.434. The van der Waals surface area contributed by atoms with Crippen LogP contribution in [0.2, 0.25) is 0 Å². The molecule has 0 aliphatic heterocycles. The second kappa shape index (κ2) is 8.14. The number of hydrogen-bond donors (Lipinski definition) is 2. The van der Waals surface area contributed by atoms with Gasteiger partial charge in [0.2, 0.25) is 0 Å². The summed E-state index contributed by atoms with van der Waals surface area (Å²) in [5, 5.41) is 28.6. The molecule has 0 fully saturated rings. The summed E-state index contributed by atoms with van der Waals surface area (Å²) in [6.45, 7) is 5.22. The molecule has 158 valence electrons. The fraction of sp³-hybridized carbons (Fsp3) is 0.353. The molecule has 0 aliphatic carbocycles. The smallest absolute Gasteiger partial charge is 0.345 e. The van der Waals surface area contributed by atoms with Crippen molar-refractivity contribution >= 4 is 29.0 Å². The van der Waals surface area contributed by atoms with Crippen molar-refractivity contribution in [3.63, 3.8) is 0 Å². The van der Waals surface area contributed by atoms with Gasteiger partial charge >= 0.3 is 5.82 Å². The van der Waals surface area contributed by atoms with Gasteiger partial charge in [-0.15, -0.1) is 4.68 Å². The summed E-state index contributed by atoms with van der Waals surface area (Å²) in [6.07, 6.45) is 2.88. The summed E-state index contributed by atoms with van der Waals surface area (Å²) in [4.78, 5) is 35.8. The lowest BCUT2D eigenvalue weighted by molar-refractivity contribution is -0.392. The zero-order valence-electron chi connectivity index (χ0n) is 16.9. The molecule has 0 atom stereocenters. The number of rotatable bonds is 7. The van der Waals surface area contributed by atoms with E-state index in [1.54, 1.807) is 32.5 Å². The zero-order chi connectivity index (χ0) is 22.0. The molecule has 0 saturated carbocycles. The van der Waals surface area contributed by atoms with Crippen LogP contribution < -0.4 is 10.6 Å². The van der Waals surface area contributed by atoms with E-state index in [2.05, 4.69) is 25.9 Å². The maximum atomic E-state index is 12.9. The Balaban J connectivity index is 1.81. The van der Waals surface area contributed by atoms with Crippen molar-refractivity contribution in [2.75, 3.05) is 10.6 Å². The van der Waals surface area contributed by atoms with E-state index in [0.717, 1.165) is 10.4 Å². The molecular formula is C17H21N9O4. The van der Waals surface area contributed by atoms with Gasteiger partial charge in [-0.2, -0.15) is 10.2 Å². The van der Waals surface area contributed by atoms with E-state index in [1.807, 2.05) is 0 Å². The molecule has 3 heterocycles. The van der Waals surface area contributed by atoms with Crippen LogP contribution in [0.1, 0.15) is 28.8 Å². The second-order valence-corrected chi connectivity index (χ2v) is 6.55. The Kier molecular flexibility index (Phi) is 5.62. The molecule has 0 bridgehead atoms. The molecule has 0 radical (unpaired) electrons. The van der Waals surface area contributed by atoms with Crippen LogP contribution in [0, 0.1) is 24.0 Å². The third kappa shape index (κ3) is 4.04. The highest BCUT2D eigenvalue weighted by Crippen LogP contribution is 2.20. The first kappa shape index (κ1) is 20.7. The van der Waals surface area contributed by atoms with Gasteiger partial charge < -0.3 is 20.7 Å². The van der Waals surface area contributed by atoms with Crippen molar-refractivity contribution in [3.05, 3.63) is 45.7 Å². The predicted octanol–water partition coefficient (Wildman–Crippen LogP) is 1.25. The highest BCUT2D eigenvalue weighted by molar-refractivity contribution is 6.09. The molecule has 0 aliphatic rings. The van der Waals surface area contributed by atoms with E-state index in [-0.39, 0.29) is 23.7 Å². The molecule has 0 saturated heterocycles. The van der Waals surface area contributed by atoms with Gasteiger partial charge in [-0.1, -0.05) is 5.10 Å². The molecule has 3 aromatic heterocycles. The van der Waals surface area contributed by atoms with Crippen LogP contribution in [-0.4, -0.2) is 46.1 Å². The van der Waals surface area contributed by atoms with Crippen molar-refractivity contribution in [2.24, 2.45) is 7.05 Å². The number of aromatic nitrogens is 6. The Bertz CT molecular complexity index is 1120. The number of hydrogen-bond acceptors (Lipinski definition) is 7. The van der Waals surface area contributed by atoms with E-state index in [9.17, 15) is 19.7 Å². The third-order valence-corrected chi connectivity index (χ3v) is 4.47. The van der Waals surface area contributed by atoms with Gasteiger partial charge in [0.25, 0.3) is 11.8 Å². The molecule has 3 rings (SSSR count). The Morgan fingerprint density at radius 2 is 1.83 bits per heavy atom. The molecule has 0 spiro atoms. The monoisotopic (exact) mass is 415 g/mol. The fourth-order valence-electron chi connectivity index (χ4n) is 2.88. The van der Waals surface area contributed by atoms with Gasteiger partial charge in [-0.25, -0.2) is 0 Å². The third-order valence-electron chi connectivity index (χ3n) is 4.47. The maximum absolute atomic E-state index is 12.9. The molecule has 13 heteroatoms. The zero-order valence-corrected chi connectivity index (χ0v) is 16.9. The van der Waals surface area contributed by atoms with E-state index in [1.165, 1.54) is 23.1 Å². The summed E-state index contributed by atoms with van der Waals surface area (Å²) < 4.78 is 4.05. The van der Waals surface area contributed by atoms with Gasteiger partial charge in [0, 0.05) is 13.6 Å². The van der Waals surface area contributed by atoms with Crippen LogP contribution in [0.3, 0.4) is 0 Å². The highest BCUT2D eigenvalue weighted by atomic mass is 16.6. The largest absolute Gasteiger partial charge is 0.358 e. The number of carbonyl (C=O) groups excluding carboxylic acids is 2. The van der Waals surface area contributed by atoms with Crippen LogP contribution in [0.4, 0.5) is 17.2 Å². The van der Waals surface area contributed by atoms with Crippen molar-refractivity contribution in [2.45, 2.75) is 33.9 Å². The maximum Gasteiger partial charge on any atom is 0.345 e. The van der Waals surface area contributed by atoms with E-state index in [4.69, 9.17) is 0 Å². The van der Waals surface area contributed by atoms with Crippen molar-refractivity contribution in [1.82, 2.24) is 29.3 Å². The summed E-state index contributed by atoms with van der Waals surface area (Å²) in [6, 6.07) is 1.28. The average Bonchev–Trinajstić information content (AvgIpc) is 3.34. The van der Waals surface area contributed by atoms with Gasteiger partial charge in [-0.05, 0) is 25.7 Å². The lowest BCUT2D eigenvalue weighted by Gasteiger charge is -2.09. The number of nitro groups is 1. The number of aryl methyl sites for hydroxylation is 3. The highest BCUT2D eigenvalue weighted by Gasteiger charge is 2.24. The normalized spacial score (nSPS) is 10.8. The second-order valence-electron chi connectivity index (χ2n) is 6.55. The number of nitrogens with zero attached hydrogens (tertiary/aromatic N) is 7. The first-order valence-corrected chi connectivity index (χ1v) is 9.05. The van der Waals surface area contributed by atoms with Crippen LogP contribution in [0.5, 0.6) is 0 Å². The minimum atomic E-state index is -0.614. The predicted molar refractivity (Wildman–Crippen MR) is 106 cm³/mol. The minimum absolute atomic E-state index is 0.153. The first-order chi connectivity index (χ1) is 14.2. The van der Waals surface area contributed by atoms with Crippen molar-refractivity contribution in [3.8, 4) is 0 Å². The van der Waals surface area contributed by atoms with Crippen molar-refractivity contribution < 1.29 is 14.5 Å². The molecule has 0 aromatic carbocycles. The standard InChI is InChI=1S/C17H21N9O4/c1-5-24-16(17(28)21-12-7-18-23(4)11(12)3)13(8-19-24)20-14(27)9-25-15(26(29)30)6-10(2)22-25/h6-8H,5,9H2,1-4H3,(H,20,27)(H,21,28).